The van der Waals surface area contributed by atoms with E-state index in [0.29, 0.717) is 22.9 Å². The predicted molar refractivity (Wildman–Crippen MR) is 75.9 cm³/mol. The summed E-state index contributed by atoms with van der Waals surface area (Å²) >= 11 is 5.86. The number of thiophene rings is 1. The number of aliphatic carboxylic acids is 1. The highest BCUT2D eigenvalue weighted by molar-refractivity contribution is 9.11. The number of hydrogen-bond donors (Lipinski definition) is 2. The zero-order valence-electron chi connectivity index (χ0n) is 9.57. The van der Waals surface area contributed by atoms with Crippen molar-refractivity contribution in [1.82, 2.24) is 5.32 Å². The number of methoxy groups -OCH3 is 1. The summed E-state index contributed by atoms with van der Waals surface area (Å²) in [4.78, 5) is 22.5. The summed E-state index contributed by atoms with van der Waals surface area (Å²) in [6.07, 6.45) is 0. The molecule has 0 fully saturated rings. The topological polar surface area (TPSA) is 75.6 Å². The van der Waals surface area contributed by atoms with Gasteiger partial charge in [-0.25, -0.2) is 0 Å². The molecule has 5 nitrogen and oxygen atoms in total. The Hall–Kier alpha value is -0.730. The van der Waals surface area contributed by atoms with Gasteiger partial charge in [0.25, 0.3) is 5.91 Å². The molecule has 0 aliphatic carbocycles. The monoisotopic (exact) mass is 353 g/mol. The van der Waals surface area contributed by atoms with Gasteiger partial charge < -0.3 is 15.2 Å². The molecule has 0 atom stereocenters. The lowest BCUT2D eigenvalue weighted by Gasteiger charge is -2.02. The lowest BCUT2D eigenvalue weighted by Crippen LogP contribution is -2.25. The molecule has 0 saturated carbocycles. The van der Waals surface area contributed by atoms with E-state index < -0.39 is 5.97 Å². The lowest BCUT2D eigenvalue weighted by molar-refractivity contribution is -0.133. The SMILES string of the molecule is COc1cc(C(=O)NCCSCC(=O)O)sc1Br. The van der Waals surface area contributed by atoms with Gasteiger partial charge in [-0.15, -0.1) is 23.1 Å². The molecule has 0 spiro atoms. The molecule has 0 radical (unpaired) electrons. The number of carboxylic acids is 1. The Labute approximate surface area is 121 Å². The quantitative estimate of drug-likeness (QED) is 0.734. The predicted octanol–water partition coefficient (Wildman–Crippen LogP) is 2.07. The number of thioether (sulfide) groups is 1. The van der Waals surface area contributed by atoms with Crippen molar-refractivity contribution < 1.29 is 19.4 Å². The summed E-state index contributed by atoms with van der Waals surface area (Å²) in [7, 11) is 1.54. The molecule has 1 aromatic heterocycles. The third-order valence-corrected chi connectivity index (χ3v) is 4.58. The molecule has 0 aliphatic rings. The summed E-state index contributed by atoms with van der Waals surface area (Å²) in [6.45, 7) is 0.439. The maximum Gasteiger partial charge on any atom is 0.313 e. The van der Waals surface area contributed by atoms with Crippen LogP contribution in [0.2, 0.25) is 0 Å². The first-order valence-corrected chi connectivity index (χ1v) is 7.72. The first-order valence-electron chi connectivity index (χ1n) is 4.95. The van der Waals surface area contributed by atoms with E-state index in [4.69, 9.17) is 9.84 Å². The number of halogens is 1. The fourth-order valence-corrected chi connectivity index (χ4v) is 3.22. The van der Waals surface area contributed by atoms with E-state index in [-0.39, 0.29) is 11.7 Å². The zero-order valence-corrected chi connectivity index (χ0v) is 12.8. The zero-order chi connectivity index (χ0) is 13.5. The van der Waals surface area contributed by atoms with Gasteiger partial charge in [-0.3, -0.25) is 9.59 Å². The van der Waals surface area contributed by atoms with Crippen molar-refractivity contribution in [2.24, 2.45) is 0 Å². The van der Waals surface area contributed by atoms with Crippen LogP contribution in [-0.2, 0) is 4.79 Å². The minimum atomic E-state index is -0.849. The molecule has 0 aromatic carbocycles. The van der Waals surface area contributed by atoms with Gasteiger partial charge in [-0.2, -0.15) is 0 Å². The third kappa shape index (κ3) is 4.87. The second-order valence-electron chi connectivity index (χ2n) is 3.15. The minimum Gasteiger partial charge on any atom is -0.495 e. The summed E-state index contributed by atoms with van der Waals surface area (Å²) in [5, 5.41) is 11.2. The fraction of sp³-hybridized carbons (Fsp3) is 0.400. The normalized spacial score (nSPS) is 10.1. The fourth-order valence-electron chi connectivity index (χ4n) is 1.09. The van der Waals surface area contributed by atoms with Gasteiger partial charge >= 0.3 is 5.97 Å². The van der Waals surface area contributed by atoms with Crippen molar-refractivity contribution in [2.75, 3.05) is 25.2 Å². The third-order valence-electron chi connectivity index (χ3n) is 1.86. The lowest BCUT2D eigenvalue weighted by atomic mass is 10.4. The van der Waals surface area contributed by atoms with Crippen LogP contribution in [-0.4, -0.2) is 42.1 Å². The van der Waals surface area contributed by atoms with Gasteiger partial charge in [0.2, 0.25) is 0 Å². The number of carbonyl (C=O) groups excluding carboxylic acids is 1. The second-order valence-corrected chi connectivity index (χ2v) is 6.63. The number of hydrogen-bond acceptors (Lipinski definition) is 5. The van der Waals surface area contributed by atoms with Crippen LogP contribution in [0.3, 0.4) is 0 Å². The molecule has 2 N–H and O–H groups in total. The van der Waals surface area contributed by atoms with Gasteiger partial charge in [0.05, 0.1) is 17.7 Å². The van der Waals surface area contributed by atoms with Crippen molar-refractivity contribution >= 4 is 50.9 Å². The molecular weight excluding hydrogens is 342 g/mol. The van der Waals surface area contributed by atoms with Crippen LogP contribution in [0.4, 0.5) is 0 Å². The average molecular weight is 354 g/mol. The van der Waals surface area contributed by atoms with E-state index in [1.54, 1.807) is 6.07 Å². The van der Waals surface area contributed by atoms with Gasteiger partial charge in [0, 0.05) is 18.4 Å². The maximum atomic E-state index is 11.7. The molecule has 1 aromatic rings. The molecular formula is C10H12BrNO4S2. The van der Waals surface area contributed by atoms with E-state index in [2.05, 4.69) is 21.2 Å². The van der Waals surface area contributed by atoms with Crippen molar-refractivity contribution in [1.29, 1.82) is 0 Å². The van der Waals surface area contributed by atoms with Gasteiger partial charge in [0.15, 0.2) is 0 Å². The number of amides is 1. The maximum absolute atomic E-state index is 11.7. The van der Waals surface area contributed by atoms with Crippen LogP contribution in [0.5, 0.6) is 5.75 Å². The highest BCUT2D eigenvalue weighted by atomic mass is 79.9. The Morgan fingerprint density at radius 1 is 1.61 bits per heavy atom. The average Bonchev–Trinajstić information content (AvgIpc) is 2.69. The van der Waals surface area contributed by atoms with Crippen LogP contribution in [0, 0.1) is 0 Å². The Morgan fingerprint density at radius 3 is 2.89 bits per heavy atom. The Bertz CT molecular complexity index is 436. The number of ether oxygens (including phenoxy) is 1. The molecule has 18 heavy (non-hydrogen) atoms. The van der Waals surface area contributed by atoms with E-state index in [0.717, 1.165) is 3.79 Å². The van der Waals surface area contributed by atoms with Crippen LogP contribution >= 0.6 is 39.0 Å². The van der Waals surface area contributed by atoms with E-state index in [1.807, 2.05) is 0 Å². The number of nitrogens with one attached hydrogen (secondary N) is 1. The minimum absolute atomic E-state index is 0.0498. The van der Waals surface area contributed by atoms with E-state index in [9.17, 15) is 9.59 Å². The molecule has 1 rings (SSSR count). The summed E-state index contributed by atoms with van der Waals surface area (Å²) < 4.78 is 5.83. The van der Waals surface area contributed by atoms with Crippen molar-refractivity contribution in [3.8, 4) is 5.75 Å². The van der Waals surface area contributed by atoms with Crippen LogP contribution in [0.25, 0.3) is 0 Å². The molecule has 1 amide bonds. The number of carboxylic acid groups (broad SMARTS) is 1. The van der Waals surface area contributed by atoms with E-state index in [1.165, 1.54) is 30.2 Å². The molecule has 0 saturated heterocycles. The first kappa shape index (κ1) is 15.3. The smallest absolute Gasteiger partial charge is 0.313 e. The standard InChI is InChI=1S/C10H12BrNO4S2/c1-16-6-4-7(18-9(6)11)10(15)12-2-3-17-5-8(13)14/h4H,2-3,5H2,1H3,(H,12,15)(H,13,14). The molecule has 0 bridgehead atoms. The second kappa shape index (κ2) is 7.65. The van der Waals surface area contributed by atoms with Crippen LogP contribution in [0.15, 0.2) is 9.85 Å². The summed E-state index contributed by atoms with van der Waals surface area (Å²) in [5.41, 5.74) is 0. The van der Waals surface area contributed by atoms with E-state index >= 15 is 0 Å². The molecule has 0 unspecified atom stereocenters. The molecule has 100 valence electrons. The van der Waals surface area contributed by atoms with Gasteiger partial charge in [0.1, 0.15) is 9.54 Å². The van der Waals surface area contributed by atoms with Crippen molar-refractivity contribution in [3.63, 3.8) is 0 Å². The number of rotatable bonds is 7. The van der Waals surface area contributed by atoms with Crippen LogP contribution < -0.4 is 10.1 Å². The summed E-state index contributed by atoms with van der Waals surface area (Å²) in [6, 6.07) is 1.66. The Balaban J connectivity index is 2.34. The molecule has 1 heterocycles. The van der Waals surface area contributed by atoms with Gasteiger partial charge in [-0.05, 0) is 15.9 Å². The van der Waals surface area contributed by atoms with Crippen molar-refractivity contribution in [2.45, 2.75) is 0 Å². The van der Waals surface area contributed by atoms with Crippen LogP contribution in [0.1, 0.15) is 9.67 Å². The highest BCUT2D eigenvalue weighted by Gasteiger charge is 2.13. The molecule has 0 aliphatic heterocycles. The molecule has 8 heteroatoms. The Morgan fingerprint density at radius 2 is 2.33 bits per heavy atom. The van der Waals surface area contributed by atoms with Crippen molar-refractivity contribution in [3.05, 3.63) is 14.7 Å². The largest absolute Gasteiger partial charge is 0.495 e. The first-order chi connectivity index (χ1) is 8.54. The van der Waals surface area contributed by atoms with Gasteiger partial charge in [-0.1, -0.05) is 0 Å². The number of carbonyl (C=O) groups is 2. The summed E-state index contributed by atoms with van der Waals surface area (Å²) in [5.74, 6) is 0.222. The Kier molecular flexibility index (Phi) is 6.51. The highest BCUT2D eigenvalue weighted by Crippen LogP contribution is 2.34.